The zero-order valence-corrected chi connectivity index (χ0v) is 15.5. The van der Waals surface area contributed by atoms with Gasteiger partial charge >= 0.3 is 6.18 Å². The third kappa shape index (κ3) is 4.27. The number of H-pyrrole nitrogens is 1. The first kappa shape index (κ1) is 19.4. The molecule has 0 aliphatic carbocycles. The number of aromatic nitrogens is 2. The number of halogens is 3. The van der Waals surface area contributed by atoms with E-state index in [2.05, 4.69) is 15.3 Å². The van der Waals surface area contributed by atoms with E-state index in [9.17, 15) is 18.0 Å². The van der Waals surface area contributed by atoms with Crippen molar-refractivity contribution >= 4 is 16.9 Å². The molecule has 5 nitrogen and oxygen atoms in total. The lowest BCUT2D eigenvalue weighted by molar-refractivity contribution is -0.144. The summed E-state index contributed by atoms with van der Waals surface area (Å²) in [4.78, 5) is 18.8. The van der Waals surface area contributed by atoms with Crippen LogP contribution >= 0.6 is 0 Å². The maximum Gasteiger partial charge on any atom is 0.449 e. The van der Waals surface area contributed by atoms with Crippen LogP contribution in [0.2, 0.25) is 0 Å². The number of ether oxygens (including phenoxy) is 1. The van der Waals surface area contributed by atoms with E-state index < -0.39 is 18.0 Å². The van der Waals surface area contributed by atoms with Crippen LogP contribution in [0.5, 0.6) is 0 Å². The van der Waals surface area contributed by atoms with E-state index in [1.54, 1.807) is 12.1 Å². The van der Waals surface area contributed by atoms with Gasteiger partial charge in [-0.15, -0.1) is 0 Å². The van der Waals surface area contributed by atoms with Gasteiger partial charge in [-0.05, 0) is 36.1 Å². The zero-order chi connectivity index (χ0) is 20.4. The molecule has 1 atom stereocenters. The number of hydrogen-bond acceptors (Lipinski definition) is 3. The maximum atomic E-state index is 13.0. The molecule has 1 saturated heterocycles. The Hall–Kier alpha value is -2.87. The Morgan fingerprint density at radius 1 is 1.10 bits per heavy atom. The molecular weight excluding hydrogens is 383 g/mol. The highest BCUT2D eigenvalue weighted by atomic mass is 19.4. The molecule has 4 rings (SSSR count). The molecule has 1 aromatic heterocycles. The highest BCUT2D eigenvalue weighted by Gasteiger charge is 2.35. The third-order valence-electron chi connectivity index (χ3n) is 5.12. The quantitative estimate of drug-likeness (QED) is 0.686. The number of fused-ring (bicyclic) bond motifs is 1. The van der Waals surface area contributed by atoms with E-state index in [1.807, 2.05) is 30.3 Å². The SMILES string of the molecule is O=C(NC(c1ccccc1)c1ccc2nc(C(F)(F)F)[nH]c2c1)C1CCOCC1. The molecule has 0 saturated carbocycles. The molecule has 152 valence electrons. The second kappa shape index (κ2) is 7.87. The second-order valence-corrected chi connectivity index (χ2v) is 7.10. The van der Waals surface area contributed by atoms with Crippen molar-refractivity contribution in [1.82, 2.24) is 15.3 Å². The first-order valence-corrected chi connectivity index (χ1v) is 9.42. The summed E-state index contributed by atoms with van der Waals surface area (Å²) in [6.07, 6.45) is -3.24. The largest absolute Gasteiger partial charge is 0.449 e. The van der Waals surface area contributed by atoms with Gasteiger partial charge in [0, 0.05) is 19.1 Å². The van der Waals surface area contributed by atoms with Crippen LogP contribution in [-0.4, -0.2) is 29.1 Å². The first-order chi connectivity index (χ1) is 13.9. The maximum absolute atomic E-state index is 13.0. The number of alkyl halides is 3. The molecular formula is C21H20F3N3O2. The summed E-state index contributed by atoms with van der Waals surface area (Å²) >= 11 is 0. The van der Waals surface area contributed by atoms with Crippen molar-refractivity contribution in [3.05, 3.63) is 65.5 Å². The lowest BCUT2D eigenvalue weighted by atomic mass is 9.95. The highest BCUT2D eigenvalue weighted by molar-refractivity contribution is 5.80. The molecule has 1 unspecified atom stereocenters. The predicted molar refractivity (Wildman–Crippen MR) is 101 cm³/mol. The zero-order valence-electron chi connectivity index (χ0n) is 15.5. The van der Waals surface area contributed by atoms with Gasteiger partial charge in [0.15, 0.2) is 0 Å². The van der Waals surface area contributed by atoms with Crippen LogP contribution in [0.1, 0.15) is 35.8 Å². The first-order valence-electron chi connectivity index (χ1n) is 9.42. The van der Waals surface area contributed by atoms with E-state index >= 15 is 0 Å². The minimum Gasteiger partial charge on any atom is -0.381 e. The number of imidazole rings is 1. The number of aromatic amines is 1. The summed E-state index contributed by atoms with van der Waals surface area (Å²) < 4.78 is 44.2. The molecule has 29 heavy (non-hydrogen) atoms. The van der Waals surface area contributed by atoms with E-state index in [0.29, 0.717) is 31.6 Å². The molecule has 2 N–H and O–H groups in total. The Morgan fingerprint density at radius 3 is 2.52 bits per heavy atom. The van der Waals surface area contributed by atoms with Crippen molar-refractivity contribution in [3.8, 4) is 0 Å². The Kier molecular flexibility index (Phi) is 5.27. The molecule has 1 aliphatic heterocycles. The van der Waals surface area contributed by atoms with Crippen LogP contribution in [0.25, 0.3) is 11.0 Å². The fourth-order valence-corrected chi connectivity index (χ4v) is 3.57. The van der Waals surface area contributed by atoms with Crippen LogP contribution < -0.4 is 5.32 Å². The molecule has 2 heterocycles. The van der Waals surface area contributed by atoms with Crippen molar-refractivity contribution in [1.29, 1.82) is 0 Å². The number of nitrogens with zero attached hydrogens (tertiary/aromatic N) is 1. The number of amides is 1. The topological polar surface area (TPSA) is 67.0 Å². The summed E-state index contributed by atoms with van der Waals surface area (Å²) in [5.74, 6) is -1.25. The third-order valence-corrected chi connectivity index (χ3v) is 5.12. The minimum atomic E-state index is -4.55. The fraction of sp³-hybridized carbons (Fsp3) is 0.333. The standard InChI is InChI=1S/C21H20F3N3O2/c22-21(23,24)20-25-16-7-6-15(12-17(16)26-20)18(13-4-2-1-3-5-13)27-19(28)14-8-10-29-11-9-14/h1-7,12,14,18H,8-11H2,(H,25,26)(H,27,28). The molecule has 1 aliphatic rings. The number of benzene rings is 2. The average Bonchev–Trinajstić information content (AvgIpc) is 3.17. The summed E-state index contributed by atoms with van der Waals surface area (Å²) in [5, 5.41) is 3.07. The number of hydrogen-bond donors (Lipinski definition) is 2. The lowest BCUT2D eigenvalue weighted by Crippen LogP contribution is -2.37. The van der Waals surface area contributed by atoms with Gasteiger partial charge in [0.2, 0.25) is 11.7 Å². The Morgan fingerprint density at radius 2 is 1.83 bits per heavy atom. The van der Waals surface area contributed by atoms with Gasteiger partial charge in [0.25, 0.3) is 0 Å². The molecule has 0 spiro atoms. The number of carbonyl (C=O) groups excluding carboxylic acids is 1. The molecule has 3 aromatic rings. The molecule has 0 radical (unpaired) electrons. The van der Waals surface area contributed by atoms with Gasteiger partial charge in [-0.2, -0.15) is 13.2 Å². The lowest BCUT2D eigenvalue weighted by Gasteiger charge is -2.26. The van der Waals surface area contributed by atoms with Crippen molar-refractivity contribution in [3.63, 3.8) is 0 Å². The smallest absolute Gasteiger partial charge is 0.381 e. The second-order valence-electron chi connectivity index (χ2n) is 7.10. The Balaban J connectivity index is 1.68. The summed E-state index contributed by atoms with van der Waals surface area (Å²) in [6.45, 7) is 1.10. The van der Waals surface area contributed by atoms with E-state index in [-0.39, 0.29) is 22.9 Å². The Labute approximate surface area is 165 Å². The summed E-state index contributed by atoms with van der Waals surface area (Å²) in [7, 11) is 0. The van der Waals surface area contributed by atoms with Crippen LogP contribution in [-0.2, 0) is 15.7 Å². The summed E-state index contributed by atoms with van der Waals surface area (Å²) in [6, 6.07) is 13.7. The van der Waals surface area contributed by atoms with Gasteiger partial charge in [0.1, 0.15) is 0 Å². The van der Waals surface area contributed by atoms with Gasteiger partial charge < -0.3 is 15.0 Å². The van der Waals surface area contributed by atoms with Gasteiger partial charge in [0.05, 0.1) is 17.1 Å². The van der Waals surface area contributed by atoms with Crippen molar-refractivity contribution in [2.45, 2.75) is 25.1 Å². The number of nitrogens with one attached hydrogen (secondary N) is 2. The predicted octanol–water partition coefficient (Wildman–Crippen LogP) is 4.21. The van der Waals surface area contributed by atoms with Crippen LogP contribution in [0.15, 0.2) is 48.5 Å². The number of carbonyl (C=O) groups is 1. The van der Waals surface area contributed by atoms with Gasteiger partial charge in [-0.1, -0.05) is 36.4 Å². The van der Waals surface area contributed by atoms with Crippen molar-refractivity contribution < 1.29 is 22.7 Å². The molecule has 1 amide bonds. The number of rotatable bonds is 4. The molecule has 1 fully saturated rings. The highest BCUT2D eigenvalue weighted by Crippen LogP contribution is 2.31. The van der Waals surface area contributed by atoms with Crippen molar-refractivity contribution in [2.75, 3.05) is 13.2 Å². The fourth-order valence-electron chi connectivity index (χ4n) is 3.57. The molecule has 0 bridgehead atoms. The molecule has 8 heteroatoms. The van der Waals surface area contributed by atoms with Gasteiger partial charge in [-0.25, -0.2) is 4.98 Å². The van der Waals surface area contributed by atoms with Crippen LogP contribution in [0.3, 0.4) is 0 Å². The van der Waals surface area contributed by atoms with E-state index in [0.717, 1.165) is 5.56 Å². The van der Waals surface area contributed by atoms with Crippen LogP contribution in [0.4, 0.5) is 13.2 Å². The van der Waals surface area contributed by atoms with Gasteiger partial charge in [-0.3, -0.25) is 4.79 Å². The summed E-state index contributed by atoms with van der Waals surface area (Å²) in [5.41, 5.74) is 2.03. The minimum absolute atomic E-state index is 0.0807. The monoisotopic (exact) mass is 403 g/mol. The normalized spacial score (nSPS) is 16.7. The van der Waals surface area contributed by atoms with E-state index in [4.69, 9.17) is 4.74 Å². The average molecular weight is 403 g/mol. The van der Waals surface area contributed by atoms with Crippen LogP contribution in [0, 0.1) is 5.92 Å². The van der Waals surface area contributed by atoms with E-state index in [1.165, 1.54) is 6.07 Å². The molecule has 2 aromatic carbocycles. The Bertz CT molecular complexity index is 995. The van der Waals surface area contributed by atoms with Crippen molar-refractivity contribution in [2.24, 2.45) is 5.92 Å².